The lowest BCUT2D eigenvalue weighted by Crippen LogP contribution is -2.47. The van der Waals surface area contributed by atoms with Crippen molar-refractivity contribution in [1.29, 1.82) is 0 Å². The van der Waals surface area contributed by atoms with Gasteiger partial charge in [-0.3, -0.25) is 4.90 Å². The molecule has 1 aliphatic rings. The third-order valence-electron chi connectivity index (χ3n) is 4.36. The minimum Gasteiger partial charge on any atom is -0.329 e. The van der Waals surface area contributed by atoms with Crippen molar-refractivity contribution in [2.45, 2.75) is 6.04 Å². The number of piperazine rings is 1. The van der Waals surface area contributed by atoms with E-state index in [9.17, 15) is 0 Å². The van der Waals surface area contributed by atoms with E-state index in [0.29, 0.717) is 12.6 Å². The zero-order valence-corrected chi connectivity index (χ0v) is 12.1. The van der Waals surface area contributed by atoms with Crippen molar-refractivity contribution in [1.82, 2.24) is 9.80 Å². The second-order valence-electron chi connectivity index (χ2n) is 5.70. The van der Waals surface area contributed by atoms with Crippen LogP contribution >= 0.6 is 0 Å². The third-order valence-corrected chi connectivity index (χ3v) is 4.36. The molecule has 20 heavy (non-hydrogen) atoms. The monoisotopic (exact) mass is 269 g/mol. The van der Waals surface area contributed by atoms with Gasteiger partial charge in [0.05, 0.1) is 0 Å². The van der Waals surface area contributed by atoms with Crippen LogP contribution in [0.2, 0.25) is 0 Å². The van der Waals surface area contributed by atoms with Gasteiger partial charge in [0.2, 0.25) is 0 Å². The predicted molar refractivity (Wildman–Crippen MR) is 84.8 cm³/mol. The van der Waals surface area contributed by atoms with Crippen molar-refractivity contribution in [2.24, 2.45) is 5.73 Å². The SMILES string of the molecule is CN1CCN(C(CN)c2ccc3ccccc3c2)CC1. The number of nitrogens with zero attached hydrogens (tertiary/aromatic N) is 2. The standard InChI is InChI=1S/C17H23N3/c1-19-8-10-20(11-9-19)17(13-18)16-7-6-14-4-2-3-5-15(14)12-16/h2-7,12,17H,8-11,13,18H2,1H3. The van der Waals surface area contributed by atoms with Crippen LogP contribution in [0, 0.1) is 0 Å². The van der Waals surface area contributed by atoms with E-state index >= 15 is 0 Å². The molecule has 0 bridgehead atoms. The fourth-order valence-corrected chi connectivity index (χ4v) is 3.04. The number of fused-ring (bicyclic) bond motifs is 1. The quantitative estimate of drug-likeness (QED) is 0.926. The van der Waals surface area contributed by atoms with Gasteiger partial charge in [-0.05, 0) is 29.4 Å². The van der Waals surface area contributed by atoms with E-state index in [1.165, 1.54) is 16.3 Å². The van der Waals surface area contributed by atoms with Gasteiger partial charge in [0.15, 0.2) is 0 Å². The van der Waals surface area contributed by atoms with Crippen LogP contribution in [0.5, 0.6) is 0 Å². The molecule has 1 unspecified atom stereocenters. The number of hydrogen-bond donors (Lipinski definition) is 1. The molecule has 3 heteroatoms. The van der Waals surface area contributed by atoms with Crippen molar-refractivity contribution < 1.29 is 0 Å². The molecule has 0 aliphatic carbocycles. The highest BCUT2D eigenvalue weighted by Gasteiger charge is 2.22. The molecule has 0 saturated carbocycles. The van der Waals surface area contributed by atoms with E-state index in [0.717, 1.165) is 26.2 Å². The first kappa shape index (κ1) is 13.6. The average Bonchev–Trinajstić information content (AvgIpc) is 2.50. The zero-order valence-electron chi connectivity index (χ0n) is 12.1. The molecule has 0 spiro atoms. The Kier molecular flexibility index (Phi) is 4.01. The van der Waals surface area contributed by atoms with E-state index in [4.69, 9.17) is 5.73 Å². The molecule has 1 fully saturated rings. The maximum atomic E-state index is 6.06. The fraction of sp³-hybridized carbons (Fsp3) is 0.412. The fourth-order valence-electron chi connectivity index (χ4n) is 3.04. The summed E-state index contributed by atoms with van der Waals surface area (Å²) in [7, 11) is 2.19. The van der Waals surface area contributed by atoms with Gasteiger partial charge in [-0.15, -0.1) is 0 Å². The molecule has 1 atom stereocenters. The van der Waals surface area contributed by atoms with Crippen LogP contribution in [-0.2, 0) is 0 Å². The summed E-state index contributed by atoms with van der Waals surface area (Å²) >= 11 is 0. The lowest BCUT2D eigenvalue weighted by molar-refractivity contribution is 0.114. The molecule has 1 aliphatic heterocycles. The Morgan fingerprint density at radius 3 is 2.40 bits per heavy atom. The molecule has 2 aromatic rings. The first-order valence-electron chi connectivity index (χ1n) is 7.39. The Bertz CT molecular complexity index is 573. The summed E-state index contributed by atoms with van der Waals surface area (Å²) in [4.78, 5) is 4.90. The van der Waals surface area contributed by atoms with Gasteiger partial charge in [0.25, 0.3) is 0 Å². The molecule has 1 heterocycles. The second kappa shape index (κ2) is 5.92. The van der Waals surface area contributed by atoms with Crippen molar-refractivity contribution >= 4 is 10.8 Å². The van der Waals surface area contributed by atoms with Crippen molar-refractivity contribution in [2.75, 3.05) is 39.8 Å². The highest BCUT2D eigenvalue weighted by Crippen LogP contribution is 2.24. The maximum absolute atomic E-state index is 6.06. The Hall–Kier alpha value is -1.42. The largest absolute Gasteiger partial charge is 0.329 e. The van der Waals surface area contributed by atoms with E-state index in [1.807, 2.05) is 0 Å². The van der Waals surface area contributed by atoms with Gasteiger partial charge in [-0.2, -0.15) is 0 Å². The minimum absolute atomic E-state index is 0.341. The second-order valence-corrected chi connectivity index (χ2v) is 5.70. The van der Waals surface area contributed by atoms with Gasteiger partial charge in [-0.25, -0.2) is 0 Å². The Morgan fingerprint density at radius 2 is 1.70 bits per heavy atom. The highest BCUT2D eigenvalue weighted by molar-refractivity contribution is 5.83. The molecule has 2 aromatic carbocycles. The van der Waals surface area contributed by atoms with Gasteiger partial charge in [0, 0.05) is 38.8 Å². The normalized spacial score (nSPS) is 19.3. The summed E-state index contributed by atoms with van der Waals surface area (Å²) in [6.45, 7) is 5.15. The van der Waals surface area contributed by atoms with E-state index in [2.05, 4.69) is 59.3 Å². The van der Waals surface area contributed by atoms with Crippen LogP contribution in [0.1, 0.15) is 11.6 Å². The van der Waals surface area contributed by atoms with Crippen LogP contribution in [-0.4, -0.2) is 49.6 Å². The number of nitrogens with two attached hydrogens (primary N) is 1. The molecule has 2 N–H and O–H groups in total. The summed E-state index contributed by atoms with van der Waals surface area (Å²) in [5.41, 5.74) is 7.40. The number of benzene rings is 2. The first-order valence-corrected chi connectivity index (χ1v) is 7.39. The Balaban J connectivity index is 1.87. The van der Waals surface area contributed by atoms with Crippen molar-refractivity contribution in [3.8, 4) is 0 Å². The van der Waals surface area contributed by atoms with E-state index in [-0.39, 0.29) is 0 Å². The molecule has 0 amide bonds. The van der Waals surface area contributed by atoms with Gasteiger partial charge in [0.1, 0.15) is 0 Å². The molecule has 1 saturated heterocycles. The summed E-state index contributed by atoms with van der Waals surface area (Å²) in [6, 6.07) is 15.6. The van der Waals surface area contributed by atoms with Crippen LogP contribution < -0.4 is 5.73 Å². The molecule has 3 rings (SSSR count). The van der Waals surface area contributed by atoms with Crippen LogP contribution in [0.25, 0.3) is 10.8 Å². The summed E-state index contributed by atoms with van der Waals surface area (Å²) in [6.07, 6.45) is 0. The number of rotatable bonds is 3. The smallest absolute Gasteiger partial charge is 0.0471 e. The van der Waals surface area contributed by atoms with Crippen LogP contribution in [0.4, 0.5) is 0 Å². The summed E-state index contributed by atoms with van der Waals surface area (Å²) in [5.74, 6) is 0. The van der Waals surface area contributed by atoms with Gasteiger partial charge in [-0.1, -0.05) is 36.4 Å². The topological polar surface area (TPSA) is 32.5 Å². The Morgan fingerprint density at radius 1 is 1.00 bits per heavy atom. The lowest BCUT2D eigenvalue weighted by atomic mass is 10.00. The van der Waals surface area contributed by atoms with Crippen LogP contribution in [0.15, 0.2) is 42.5 Å². The summed E-state index contributed by atoms with van der Waals surface area (Å²) in [5, 5.41) is 2.60. The zero-order chi connectivity index (χ0) is 13.9. The highest BCUT2D eigenvalue weighted by atomic mass is 15.3. The average molecular weight is 269 g/mol. The first-order chi connectivity index (χ1) is 9.78. The minimum atomic E-state index is 0.341. The van der Waals surface area contributed by atoms with E-state index in [1.54, 1.807) is 0 Å². The van der Waals surface area contributed by atoms with E-state index < -0.39 is 0 Å². The predicted octanol–water partition coefficient (Wildman–Crippen LogP) is 2.09. The Labute approximate surface area is 121 Å². The molecule has 0 aromatic heterocycles. The number of hydrogen-bond acceptors (Lipinski definition) is 3. The van der Waals surface area contributed by atoms with Crippen molar-refractivity contribution in [3.63, 3.8) is 0 Å². The molecular formula is C17H23N3. The molecule has 106 valence electrons. The van der Waals surface area contributed by atoms with Crippen molar-refractivity contribution in [3.05, 3.63) is 48.0 Å². The maximum Gasteiger partial charge on any atom is 0.0471 e. The molecule has 3 nitrogen and oxygen atoms in total. The lowest BCUT2D eigenvalue weighted by Gasteiger charge is -2.37. The molecule has 0 radical (unpaired) electrons. The van der Waals surface area contributed by atoms with Gasteiger partial charge >= 0.3 is 0 Å². The van der Waals surface area contributed by atoms with Gasteiger partial charge < -0.3 is 10.6 Å². The van der Waals surface area contributed by atoms with Crippen LogP contribution in [0.3, 0.4) is 0 Å². The summed E-state index contributed by atoms with van der Waals surface area (Å²) < 4.78 is 0. The third kappa shape index (κ3) is 2.70. The number of likely N-dealkylation sites (N-methyl/N-ethyl adjacent to an activating group) is 1. The molecular weight excluding hydrogens is 246 g/mol.